The molecule has 1 heterocycles. The van der Waals surface area contributed by atoms with E-state index in [1.165, 1.54) is 5.56 Å². The molecule has 124 valence electrons. The van der Waals surface area contributed by atoms with E-state index in [2.05, 4.69) is 17.3 Å². The second-order valence-corrected chi connectivity index (χ2v) is 6.21. The topological polar surface area (TPSA) is 58.4 Å². The molecule has 1 amide bonds. The fourth-order valence-electron chi connectivity index (χ4n) is 2.98. The number of nitrogens with two attached hydrogens (primary N) is 1. The van der Waals surface area contributed by atoms with E-state index in [-0.39, 0.29) is 30.4 Å². The minimum Gasteiger partial charge on any atom is -0.350 e. The minimum absolute atomic E-state index is 0. The first-order valence-electron chi connectivity index (χ1n) is 7.54. The highest BCUT2D eigenvalue weighted by atomic mass is 35.5. The Morgan fingerprint density at radius 1 is 1.45 bits per heavy atom. The van der Waals surface area contributed by atoms with Crippen molar-refractivity contribution >= 4 is 29.9 Å². The number of nitrogens with zero attached hydrogens (tertiary/aromatic N) is 1. The van der Waals surface area contributed by atoms with Crippen LogP contribution in [0.4, 0.5) is 0 Å². The second-order valence-electron chi connectivity index (χ2n) is 5.78. The third kappa shape index (κ3) is 4.59. The van der Waals surface area contributed by atoms with Crippen molar-refractivity contribution in [3.8, 4) is 0 Å². The van der Waals surface area contributed by atoms with Crippen LogP contribution >= 0.6 is 24.0 Å². The van der Waals surface area contributed by atoms with Gasteiger partial charge in [0.05, 0.1) is 12.1 Å². The Morgan fingerprint density at radius 3 is 2.68 bits per heavy atom. The van der Waals surface area contributed by atoms with Crippen molar-refractivity contribution in [2.45, 2.75) is 44.3 Å². The van der Waals surface area contributed by atoms with Crippen molar-refractivity contribution in [2.75, 3.05) is 13.6 Å². The zero-order valence-corrected chi connectivity index (χ0v) is 14.7. The molecule has 22 heavy (non-hydrogen) atoms. The fraction of sp³-hybridized carbons (Fsp3) is 0.562. The maximum Gasteiger partial charge on any atom is 0.237 e. The van der Waals surface area contributed by atoms with Gasteiger partial charge in [-0.3, -0.25) is 9.69 Å². The molecule has 3 atom stereocenters. The molecule has 0 aliphatic carbocycles. The lowest BCUT2D eigenvalue weighted by Gasteiger charge is -2.27. The van der Waals surface area contributed by atoms with E-state index in [4.69, 9.17) is 17.3 Å². The van der Waals surface area contributed by atoms with Gasteiger partial charge in [0.1, 0.15) is 0 Å². The van der Waals surface area contributed by atoms with Crippen LogP contribution in [-0.2, 0) is 4.79 Å². The Morgan fingerprint density at radius 2 is 2.09 bits per heavy atom. The van der Waals surface area contributed by atoms with Gasteiger partial charge in [0.2, 0.25) is 5.91 Å². The van der Waals surface area contributed by atoms with Crippen LogP contribution in [0.25, 0.3) is 0 Å². The van der Waals surface area contributed by atoms with Gasteiger partial charge in [-0.1, -0.05) is 37.1 Å². The molecule has 0 bridgehead atoms. The lowest BCUT2D eigenvalue weighted by atomic mass is 9.99. The molecular formula is C16H25Cl2N3O. The number of amides is 1. The molecule has 4 nitrogen and oxygen atoms in total. The smallest absolute Gasteiger partial charge is 0.237 e. The van der Waals surface area contributed by atoms with E-state index in [1.807, 2.05) is 31.2 Å². The van der Waals surface area contributed by atoms with E-state index in [0.717, 1.165) is 30.8 Å². The van der Waals surface area contributed by atoms with Gasteiger partial charge in [-0.15, -0.1) is 12.4 Å². The van der Waals surface area contributed by atoms with Gasteiger partial charge in [-0.05, 0) is 37.6 Å². The predicted octanol–water partition coefficient (Wildman–Crippen LogP) is 2.75. The Labute approximate surface area is 143 Å². The number of halogens is 2. The molecule has 2 rings (SSSR count). The molecule has 1 aliphatic rings. The number of nitrogens with one attached hydrogen (secondary N) is 1. The Kier molecular flexibility index (Phi) is 7.63. The molecule has 1 fully saturated rings. The van der Waals surface area contributed by atoms with Crippen molar-refractivity contribution in [2.24, 2.45) is 5.73 Å². The van der Waals surface area contributed by atoms with Gasteiger partial charge >= 0.3 is 0 Å². The third-order valence-corrected chi connectivity index (χ3v) is 4.38. The summed E-state index contributed by atoms with van der Waals surface area (Å²) in [7, 11) is 2.08. The molecule has 6 heteroatoms. The van der Waals surface area contributed by atoms with E-state index in [9.17, 15) is 4.79 Å². The zero-order chi connectivity index (χ0) is 15.4. The summed E-state index contributed by atoms with van der Waals surface area (Å²) in [5.41, 5.74) is 7.08. The summed E-state index contributed by atoms with van der Waals surface area (Å²) in [5.74, 6) is -0.0453. The highest BCUT2D eigenvalue weighted by molar-refractivity contribution is 6.30. The quantitative estimate of drug-likeness (QED) is 0.862. The number of likely N-dealkylation sites (tertiary alicyclic amines) is 1. The standard InChI is InChI=1S/C16H24ClN3O.ClH/c1-3-4-13(18)16(21)19-14-9-10-20(2)15(14)11-5-7-12(17)8-6-11;/h5-8,13-15H,3-4,9-10,18H2,1-2H3,(H,19,21);1H. The van der Waals surface area contributed by atoms with Crippen LogP contribution in [0.15, 0.2) is 24.3 Å². The van der Waals surface area contributed by atoms with Crippen LogP contribution in [0, 0.1) is 0 Å². The summed E-state index contributed by atoms with van der Waals surface area (Å²) in [5, 5.41) is 3.85. The monoisotopic (exact) mass is 345 g/mol. The Bertz CT molecular complexity index is 481. The SMILES string of the molecule is CCCC(N)C(=O)NC1CCN(C)C1c1ccc(Cl)cc1.Cl. The van der Waals surface area contributed by atoms with Crippen molar-refractivity contribution in [3.63, 3.8) is 0 Å². The number of hydrogen-bond donors (Lipinski definition) is 2. The summed E-state index contributed by atoms with van der Waals surface area (Å²) in [6, 6.07) is 7.72. The van der Waals surface area contributed by atoms with Crippen LogP contribution < -0.4 is 11.1 Å². The van der Waals surface area contributed by atoms with E-state index in [0.29, 0.717) is 0 Å². The second kappa shape index (κ2) is 8.73. The van der Waals surface area contributed by atoms with Gasteiger partial charge in [0.15, 0.2) is 0 Å². The highest BCUT2D eigenvalue weighted by Gasteiger charge is 2.34. The lowest BCUT2D eigenvalue weighted by Crippen LogP contribution is -2.47. The molecule has 0 aromatic heterocycles. The van der Waals surface area contributed by atoms with Gasteiger partial charge in [-0.2, -0.15) is 0 Å². The van der Waals surface area contributed by atoms with Crippen LogP contribution in [0.2, 0.25) is 5.02 Å². The summed E-state index contributed by atoms with van der Waals surface area (Å²) >= 11 is 5.95. The van der Waals surface area contributed by atoms with Crippen LogP contribution in [0.1, 0.15) is 37.8 Å². The number of carbonyl (C=O) groups excluding carboxylic acids is 1. The molecule has 1 saturated heterocycles. The molecule has 0 radical (unpaired) electrons. The van der Waals surface area contributed by atoms with Gasteiger partial charge in [-0.25, -0.2) is 0 Å². The van der Waals surface area contributed by atoms with Crippen LogP contribution in [0.3, 0.4) is 0 Å². The fourth-order valence-corrected chi connectivity index (χ4v) is 3.10. The maximum atomic E-state index is 12.2. The number of hydrogen-bond acceptors (Lipinski definition) is 3. The molecule has 0 spiro atoms. The van der Waals surface area contributed by atoms with E-state index < -0.39 is 6.04 Å². The average molecular weight is 346 g/mol. The molecule has 0 saturated carbocycles. The predicted molar refractivity (Wildman–Crippen MR) is 93.5 cm³/mol. The molecular weight excluding hydrogens is 321 g/mol. The maximum absolute atomic E-state index is 12.2. The average Bonchev–Trinajstić information content (AvgIpc) is 2.81. The Hall–Kier alpha value is -0.810. The van der Waals surface area contributed by atoms with Crippen LogP contribution in [0.5, 0.6) is 0 Å². The summed E-state index contributed by atoms with van der Waals surface area (Å²) in [6.07, 6.45) is 2.58. The number of benzene rings is 1. The normalized spacial score (nSPS) is 22.9. The van der Waals surface area contributed by atoms with E-state index >= 15 is 0 Å². The highest BCUT2D eigenvalue weighted by Crippen LogP contribution is 2.31. The molecule has 3 N–H and O–H groups in total. The first kappa shape index (κ1) is 19.2. The molecule has 1 aromatic carbocycles. The largest absolute Gasteiger partial charge is 0.350 e. The van der Waals surface area contributed by atoms with Gasteiger partial charge < -0.3 is 11.1 Å². The van der Waals surface area contributed by atoms with Crippen LogP contribution in [-0.4, -0.2) is 36.5 Å². The third-order valence-electron chi connectivity index (χ3n) is 4.12. The molecule has 3 unspecified atom stereocenters. The van der Waals surface area contributed by atoms with Gasteiger partial charge in [0, 0.05) is 17.6 Å². The minimum atomic E-state index is -0.410. The van der Waals surface area contributed by atoms with Crippen molar-refractivity contribution in [3.05, 3.63) is 34.9 Å². The first-order valence-corrected chi connectivity index (χ1v) is 7.92. The Balaban J connectivity index is 0.00000242. The summed E-state index contributed by atoms with van der Waals surface area (Å²) in [4.78, 5) is 14.4. The van der Waals surface area contributed by atoms with Crippen molar-refractivity contribution in [1.29, 1.82) is 0 Å². The number of likely N-dealkylation sites (N-methyl/N-ethyl adjacent to an activating group) is 1. The number of rotatable bonds is 5. The van der Waals surface area contributed by atoms with Crippen molar-refractivity contribution in [1.82, 2.24) is 10.2 Å². The van der Waals surface area contributed by atoms with Gasteiger partial charge in [0.25, 0.3) is 0 Å². The number of carbonyl (C=O) groups is 1. The summed E-state index contributed by atoms with van der Waals surface area (Å²) in [6.45, 7) is 2.99. The molecule has 1 aromatic rings. The van der Waals surface area contributed by atoms with E-state index in [1.54, 1.807) is 0 Å². The molecule has 1 aliphatic heterocycles. The summed E-state index contributed by atoms with van der Waals surface area (Å²) < 4.78 is 0. The lowest BCUT2D eigenvalue weighted by molar-refractivity contribution is -0.123. The zero-order valence-electron chi connectivity index (χ0n) is 13.1. The van der Waals surface area contributed by atoms with Crippen molar-refractivity contribution < 1.29 is 4.79 Å². The first-order chi connectivity index (χ1) is 10.0.